The molecular formula is C13H10BrFN2O. The van der Waals surface area contributed by atoms with Crippen molar-refractivity contribution in [3.8, 4) is 0 Å². The third kappa shape index (κ3) is 3.37. The Bertz CT molecular complexity index is 557. The zero-order chi connectivity index (χ0) is 13.0. The van der Waals surface area contributed by atoms with E-state index < -0.39 is 0 Å². The first-order valence-electron chi connectivity index (χ1n) is 5.30. The maximum atomic E-state index is 12.7. The molecule has 0 aliphatic carbocycles. The second kappa shape index (κ2) is 5.73. The Hall–Kier alpha value is -1.75. The van der Waals surface area contributed by atoms with E-state index in [0.717, 1.165) is 5.56 Å². The van der Waals surface area contributed by atoms with E-state index >= 15 is 0 Å². The number of rotatable bonds is 3. The van der Waals surface area contributed by atoms with Gasteiger partial charge in [-0.25, -0.2) is 9.37 Å². The van der Waals surface area contributed by atoms with E-state index in [9.17, 15) is 9.18 Å². The summed E-state index contributed by atoms with van der Waals surface area (Å²) in [6.45, 7) is 0. The maximum absolute atomic E-state index is 12.7. The molecule has 1 amide bonds. The molecule has 5 heteroatoms. The number of halogens is 2. The van der Waals surface area contributed by atoms with Gasteiger partial charge >= 0.3 is 0 Å². The molecule has 2 aromatic rings. The highest BCUT2D eigenvalue weighted by Gasteiger charge is 2.06. The molecule has 2 rings (SSSR count). The van der Waals surface area contributed by atoms with Crippen molar-refractivity contribution in [2.45, 2.75) is 6.42 Å². The van der Waals surface area contributed by atoms with Crippen LogP contribution in [0.2, 0.25) is 0 Å². The summed E-state index contributed by atoms with van der Waals surface area (Å²) >= 11 is 3.24. The number of nitrogens with one attached hydrogen (secondary N) is 1. The third-order valence-electron chi connectivity index (χ3n) is 2.31. The molecule has 0 unspecified atom stereocenters. The van der Waals surface area contributed by atoms with Crippen LogP contribution >= 0.6 is 15.9 Å². The van der Waals surface area contributed by atoms with Gasteiger partial charge in [0.1, 0.15) is 10.4 Å². The molecule has 0 atom stereocenters. The Morgan fingerprint density at radius 1 is 1.28 bits per heavy atom. The Kier molecular flexibility index (Phi) is 4.04. The number of carbonyl (C=O) groups excluding carboxylic acids is 1. The van der Waals surface area contributed by atoms with Crippen LogP contribution in [0.5, 0.6) is 0 Å². The Morgan fingerprint density at radius 2 is 2.00 bits per heavy atom. The largest absolute Gasteiger partial charge is 0.323 e. The molecule has 1 aromatic carbocycles. The van der Waals surface area contributed by atoms with Crippen LogP contribution in [-0.4, -0.2) is 10.9 Å². The topological polar surface area (TPSA) is 42.0 Å². The highest BCUT2D eigenvalue weighted by Crippen LogP contribution is 2.18. The van der Waals surface area contributed by atoms with Crippen molar-refractivity contribution < 1.29 is 9.18 Å². The minimum absolute atomic E-state index is 0.171. The van der Waals surface area contributed by atoms with E-state index in [1.54, 1.807) is 30.5 Å². The van der Waals surface area contributed by atoms with Gasteiger partial charge in [-0.15, -0.1) is 0 Å². The molecular weight excluding hydrogens is 299 g/mol. The van der Waals surface area contributed by atoms with Gasteiger partial charge in [-0.2, -0.15) is 0 Å². The molecule has 3 nitrogen and oxygen atoms in total. The molecule has 1 heterocycles. The number of nitrogens with zero attached hydrogens (tertiary/aromatic N) is 1. The number of anilines is 1. The first-order valence-corrected chi connectivity index (χ1v) is 6.09. The van der Waals surface area contributed by atoms with Crippen LogP contribution in [0.3, 0.4) is 0 Å². The van der Waals surface area contributed by atoms with Gasteiger partial charge in [-0.3, -0.25) is 4.79 Å². The Balaban J connectivity index is 2.01. The highest BCUT2D eigenvalue weighted by atomic mass is 79.9. The molecule has 0 aliphatic heterocycles. The lowest BCUT2D eigenvalue weighted by molar-refractivity contribution is -0.115. The van der Waals surface area contributed by atoms with Crippen molar-refractivity contribution in [1.82, 2.24) is 4.98 Å². The van der Waals surface area contributed by atoms with Crippen LogP contribution in [0.1, 0.15) is 5.56 Å². The van der Waals surface area contributed by atoms with Crippen molar-refractivity contribution in [3.63, 3.8) is 0 Å². The van der Waals surface area contributed by atoms with Crippen LogP contribution < -0.4 is 5.32 Å². The fraction of sp³-hybridized carbons (Fsp3) is 0.0769. The molecule has 0 spiro atoms. The van der Waals surface area contributed by atoms with E-state index in [2.05, 4.69) is 26.2 Å². The van der Waals surface area contributed by atoms with Gasteiger partial charge < -0.3 is 5.32 Å². The average molecular weight is 309 g/mol. The summed E-state index contributed by atoms with van der Waals surface area (Å²) in [6, 6.07) is 9.34. The van der Waals surface area contributed by atoms with Crippen LogP contribution in [-0.2, 0) is 11.2 Å². The lowest BCUT2D eigenvalue weighted by Crippen LogP contribution is -2.14. The summed E-state index contributed by atoms with van der Waals surface area (Å²) in [4.78, 5) is 15.8. The number of hydrogen-bond donors (Lipinski definition) is 1. The molecule has 92 valence electrons. The fourth-order valence-electron chi connectivity index (χ4n) is 1.46. The van der Waals surface area contributed by atoms with Crippen molar-refractivity contribution >= 4 is 27.5 Å². The van der Waals surface area contributed by atoms with Crippen molar-refractivity contribution in [1.29, 1.82) is 0 Å². The standard InChI is InChI=1S/C13H10BrFN2O/c14-13-11(2-1-7-16-13)17-12(18)8-9-3-5-10(15)6-4-9/h1-7H,8H2,(H,17,18). The molecule has 0 saturated heterocycles. The van der Waals surface area contributed by atoms with E-state index in [0.29, 0.717) is 10.3 Å². The van der Waals surface area contributed by atoms with Crippen molar-refractivity contribution in [2.24, 2.45) is 0 Å². The molecule has 0 radical (unpaired) electrons. The molecule has 0 aliphatic rings. The minimum Gasteiger partial charge on any atom is -0.323 e. The smallest absolute Gasteiger partial charge is 0.228 e. The normalized spacial score (nSPS) is 10.1. The van der Waals surface area contributed by atoms with Gasteiger partial charge in [0.2, 0.25) is 5.91 Å². The predicted octanol–water partition coefficient (Wildman–Crippen LogP) is 3.16. The molecule has 1 aromatic heterocycles. The third-order valence-corrected chi connectivity index (χ3v) is 2.94. The minimum atomic E-state index is -0.311. The monoisotopic (exact) mass is 308 g/mol. The summed E-state index contributed by atoms with van der Waals surface area (Å²) in [5, 5.41) is 2.73. The lowest BCUT2D eigenvalue weighted by Gasteiger charge is -2.06. The second-order valence-corrected chi connectivity index (χ2v) is 4.44. The van der Waals surface area contributed by atoms with Crippen molar-refractivity contribution in [2.75, 3.05) is 5.32 Å². The summed E-state index contributed by atoms with van der Waals surface area (Å²) in [5.74, 6) is -0.482. The summed E-state index contributed by atoms with van der Waals surface area (Å²) in [5.41, 5.74) is 1.37. The first-order chi connectivity index (χ1) is 8.65. The number of aromatic nitrogens is 1. The van der Waals surface area contributed by atoms with Crippen LogP contribution in [0, 0.1) is 5.82 Å². The number of hydrogen-bond acceptors (Lipinski definition) is 2. The second-order valence-electron chi connectivity index (χ2n) is 3.69. The number of amides is 1. The average Bonchev–Trinajstić information content (AvgIpc) is 2.35. The van der Waals surface area contributed by atoms with E-state index in [1.165, 1.54) is 12.1 Å². The van der Waals surface area contributed by atoms with Gasteiger partial charge in [0, 0.05) is 6.20 Å². The number of carbonyl (C=O) groups is 1. The van der Waals surface area contributed by atoms with Crippen LogP contribution in [0.25, 0.3) is 0 Å². The first kappa shape index (κ1) is 12.7. The number of pyridine rings is 1. The Morgan fingerprint density at radius 3 is 2.67 bits per heavy atom. The zero-order valence-corrected chi connectivity index (χ0v) is 10.9. The Labute approximate surface area is 112 Å². The predicted molar refractivity (Wildman–Crippen MR) is 70.7 cm³/mol. The molecule has 18 heavy (non-hydrogen) atoms. The van der Waals surface area contributed by atoms with Gasteiger partial charge in [0.25, 0.3) is 0 Å². The highest BCUT2D eigenvalue weighted by molar-refractivity contribution is 9.10. The van der Waals surface area contributed by atoms with E-state index in [1.807, 2.05) is 0 Å². The van der Waals surface area contributed by atoms with Gasteiger partial charge in [0.05, 0.1) is 12.1 Å². The summed E-state index contributed by atoms with van der Waals surface area (Å²) < 4.78 is 13.3. The molecule has 1 N–H and O–H groups in total. The van der Waals surface area contributed by atoms with E-state index in [-0.39, 0.29) is 18.1 Å². The van der Waals surface area contributed by atoms with Crippen LogP contribution in [0.15, 0.2) is 47.2 Å². The SMILES string of the molecule is O=C(Cc1ccc(F)cc1)Nc1cccnc1Br. The zero-order valence-electron chi connectivity index (χ0n) is 9.36. The fourth-order valence-corrected chi connectivity index (χ4v) is 1.81. The van der Waals surface area contributed by atoms with Gasteiger partial charge in [-0.05, 0) is 45.8 Å². The molecule has 0 bridgehead atoms. The lowest BCUT2D eigenvalue weighted by atomic mass is 10.1. The van der Waals surface area contributed by atoms with Crippen LogP contribution in [0.4, 0.5) is 10.1 Å². The summed E-state index contributed by atoms with van der Waals surface area (Å²) in [6.07, 6.45) is 1.82. The van der Waals surface area contributed by atoms with Gasteiger partial charge in [0.15, 0.2) is 0 Å². The summed E-state index contributed by atoms with van der Waals surface area (Å²) in [7, 11) is 0. The quantitative estimate of drug-likeness (QED) is 0.885. The molecule has 0 saturated carbocycles. The van der Waals surface area contributed by atoms with Gasteiger partial charge in [-0.1, -0.05) is 12.1 Å². The molecule has 0 fully saturated rings. The van der Waals surface area contributed by atoms with Crippen molar-refractivity contribution in [3.05, 3.63) is 58.6 Å². The maximum Gasteiger partial charge on any atom is 0.228 e. The number of benzene rings is 1. The van der Waals surface area contributed by atoms with E-state index in [4.69, 9.17) is 0 Å².